The second-order valence-electron chi connectivity index (χ2n) is 4.63. The number of aryl methyl sites for hydroxylation is 1. The molecule has 0 aliphatic rings. The first kappa shape index (κ1) is 14.5. The van der Waals surface area contributed by atoms with Crippen LogP contribution in [0.2, 0.25) is 0 Å². The standard InChI is InChI=1S/C16H15N5/c1-3-8-19-16-15(12-6-4-11(2)5-7-12)20-13(9-17)14(10-18)21-16/h4-7H,3,8H2,1-2H3,(H,19,21). The van der Waals surface area contributed by atoms with Crippen molar-refractivity contribution in [3.8, 4) is 23.4 Å². The summed E-state index contributed by atoms with van der Waals surface area (Å²) in [5.74, 6) is 0.538. The number of nitrogens with zero attached hydrogens (tertiary/aromatic N) is 4. The van der Waals surface area contributed by atoms with Gasteiger partial charge in [0.05, 0.1) is 0 Å². The van der Waals surface area contributed by atoms with Crippen molar-refractivity contribution in [3.05, 3.63) is 41.2 Å². The van der Waals surface area contributed by atoms with Crippen LogP contribution in [0.3, 0.4) is 0 Å². The normalized spacial score (nSPS) is 9.71. The molecule has 0 unspecified atom stereocenters. The van der Waals surface area contributed by atoms with E-state index in [1.807, 2.05) is 50.3 Å². The van der Waals surface area contributed by atoms with Crippen LogP contribution in [0.4, 0.5) is 5.82 Å². The average molecular weight is 277 g/mol. The fraction of sp³-hybridized carbons (Fsp3) is 0.250. The van der Waals surface area contributed by atoms with Gasteiger partial charge in [-0.25, -0.2) is 9.97 Å². The smallest absolute Gasteiger partial charge is 0.179 e. The number of benzene rings is 1. The maximum Gasteiger partial charge on any atom is 0.179 e. The van der Waals surface area contributed by atoms with Gasteiger partial charge in [-0.05, 0) is 13.3 Å². The molecule has 2 aromatic rings. The zero-order chi connectivity index (χ0) is 15.2. The molecule has 0 saturated heterocycles. The molecule has 0 amide bonds. The van der Waals surface area contributed by atoms with Gasteiger partial charge in [-0.2, -0.15) is 10.5 Å². The van der Waals surface area contributed by atoms with Crippen LogP contribution in [0.25, 0.3) is 11.3 Å². The molecule has 0 fully saturated rings. The summed E-state index contributed by atoms with van der Waals surface area (Å²) in [6, 6.07) is 11.7. The van der Waals surface area contributed by atoms with Crippen molar-refractivity contribution >= 4 is 5.82 Å². The molecule has 0 aliphatic carbocycles. The first-order valence-corrected chi connectivity index (χ1v) is 6.72. The van der Waals surface area contributed by atoms with Crippen molar-refractivity contribution in [2.24, 2.45) is 0 Å². The van der Waals surface area contributed by atoms with Crippen molar-refractivity contribution < 1.29 is 0 Å². The van der Waals surface area contributed by atoms with Gasteiger partial charge in [-0.3, -0.25) is 0 Å². The van der Waals surface area contributed by atoms with E-state index in [0.29, 0.717) is 11.5 Å². The Labute approximate surface area is 123 Å². The van der Waals surface area contributed by atoms with Gasteiger partial charge in [0.15, 0.2) is 17.2 Å². The molecule has 0 radical (unpaired) electrons. The zero-order valence-corrected chi connectivity index (χ0v) is 12.0. The van der Waals surface area contributed by atoms with E-state index in [4.69, 9.17) is 10.5 Å². The van der Waals surface area contributed by atoms with E-state index in [9.17, 15) is 0 Å². The summed E-state index contributed by atoms with van der Waals surface area (Å²) in [6.45, 7) is 4.77. The average Bonchev–Trinajstić information content (AvgIpc) is 2.52. The molecule has 0 saturated carbocycles. The molecular weight excluding hydrogens is 262 g/mol. The number of hydrogen-bond donors (Lipinski definition) is 1. The Morgan fingerprint density at radius 2 is 1.67 bits per heavy atom. The Kier molecular flexibility index (Phi) is 4.48. The molecule has 1 aromatic carbocycles. The first-order chi connectivity index (χ1) is 10.2. The molecule has 5 nitrogen and oxygen atoms in total. The third kappa shape index (κ3) is 3.16. The second kappa shape index (κ2) is 6.49. The molecule has 2 rings (SSSR count). The van der Waals surface area contributed by atoms with Gasteiger partial charge in [-0.1, -0.05) is 36.8 Å². The van der Waals surface area contributed by atoms with E-state index in [0.717, 1.165) is 24.1 Å². The summed E-state index contributed by atoms with van der Waals surface area (Å²) >= 11 is 0. The highest BCUT2D eigenvalue weighted by Gasteiger charge is 2.14. The lowest BCUT2D eigenvalue weighted by molar-refractivity contribution is 0.962. The summed E-state index contributed by atoms with van der Waals surface area (Å²) < 4.78 is 0. The van der Waals surface area contributed by atoms with Crippen molar-refractivity contribution in [1.29, 1.82) is 10.5 Å². The molecule has 1 heterocycles. The van der Waals surface area contributed by atoms with Gasteiger partial charge >= 0.3 is 0 Å². The summed E-state index contributed by atoms with van der Waals surface area (Å²) in [5, 5.41) is 21.3. The summed E-state index contributed by atoms with van der Waals surface area (Å²) in [7, 11) is 0. The molecule has 1 N–H and O–H groups in total. The highest BCUT2D eigenvalue weighted by Crippen LogP contribution is 2.26. The fourth-order valence-corrected chi connectivity index (χ4v) is 1.87. The van der Waals surface area contributed by atoms with Crippen LogP contribution in [0, 0.1) is 29.6 Å². The highest BCUT2D eigenvalue weighted by atomic mass is 15.0. The van der Waals surface area contributed by atoms with Crippen molar-refractivity contribution in [2.45, 2.75) is 20.3 Å². The summed E-state index contributed by atoms with van der Waals surface area (Å²) in [5.41, 5.74) is 2.71. The second-order valence-corrected chi connectivity index (χ2v) is 4.63. The van der Waals surface area contributed by atoms with Crippen molar-refractivity contribution in [3.63, 3.8) is 0 Å². The van der Waals surface area contributed by atoms with Gasteiger partial charge in [0.1, 0.15) is 17.8 Å². The van der Waals surface area contributed by atoms with E-state index in [2.05, 4.69) is 15.3 Å². The van der Waals surface area contributed by atoms with Crippen LogP contribution in [0.5, 0.6) is 0 Å². The number of rotatable bonds is 4. The molecule has 5 heteroatoms. The van der Waals surface area contributed by atoms with E-state index < -0.39 is 0 Å². The fourth-order valence-electron chi connectivity index (χ4n) is 1.87. The largest absolute Gasteiger partial charge is 0.368 e. The molecule has 0 atom stereocenters. The van der Waals surface area contributed by atoms with E-state index in [1.165, 1.54) is 0 Å². The third-order valence-corrected chi connectivity index (χ3v) is 2.98. The third-order valence-electron chi connectivity index (χ3n) is 2.98. The number of aromatic nitrogens is 2. The van der Waals surface area contributed by atoms with Crippen molar-refractivity contribution in [1.82, 2.24) is 9.97 Å². The monoisotopic (exact) mass is 277 g/mol. The van der Waals surface area contributed by atoms with E-state index in [-0.39, 0.29) is 11.4 Å². The number of anilines is 1. The number of nitriles is 2. The van der Waals surface area contributed by atoms with Crippen LogP contribution in [-0.4, -0.2) is 16.5 Å². The lowest BCUT2D eigenvalue weighted by Crippen LogP contribution is -2.08. The molecule has 0 bridgehead atoms. The minimum absolute atomic E-state index is 0.0481. The Hall–Kier alpha value is -2.92. The van der Waals surface area contributed by atoms with E-state index in [1.54, 1.807) is 0 Å². The van der Waals surface area contributed by atoms with Crippen LogP contribution in [0.1, 0.15) is 30.3 Å². The maximum atomic E-state index is 9.11. The predicted octanol–water partition coefficient (Wildman–Crippen LogP) is 3.02. The minimum Gasteiger partial charge on any atom is -0.368 e. The van der Waals surface area contributed by atoms with Crippen LogP contribution < -0.4 is 5.32 Å². The highest BCUT2D eigenvalue weighted by molar-refractivity contribution is 5.72. The zero-order valence-electron chi connectivity index (χ0n) is 12.0. The maximum absolute atomic E-state index is 9.11. The molecule has 0 aliphatic heterocycles. The summed E-state index contributed by atoms with van der Waals surface area (Å²) in [6.07, 6.45) is 0.927. The molecule has 0 spiro atoms. The number of hydrogen-bond acceptors (Lipinski definition) is 5. The minimum atomic E-state index is 0.0481. The SMILES string of the molecule is CCCNc1nc(C#N)c(C#N)nc1-c1ccc(C)cc1. The van der Waals surface area contributed by atoms with Crippen molar-refractivity contribution in [2.75, 3.05) is 11.9 Å². The first-order valence-electron chi connectivity index (χ1n) is 6.72. The molecular formula is C16H15N5. The topological polar surface area (TPSA) is 85.4 Å². The lowest BCUT2D eigenvalue weighted by atomic mass is 10.1. The van der Waals surface area contributed by atoms with Gasteiger partial charge in [0.2, 0.25) is 0 Å². The predicted molar refractivity (Wildman–Crippen MR) is 80.4 cm³/mol. The van der Waals surface area contributed by atoms with Crippen LogP contribution in [0.15, 0.2) is 24.3 Å². The molecule has 104 valence electrons. The Morgan fingerprint density at radius 1 is 1.05 bits per heavy atom. The van der Waals surface area contributed by atoms with Gasteiger partial charge < -0.3 is 5.32 Å². The summed E-state index contributed by atoms with van der Waals surface area (Å²) in [4.78, 5) is 8.55. The molecule has 1 aromatic heterocycles. The van der Waals surface area contributed by atoms with E-state index >= 15 is 0 Å². The van der Waals surface area contributed by atoms with Gasteiger partial charge in [0.25, 0.3) is 0 Å². The molecule has 21 heavy (non-hydrogen) atoms. The van der Waals surface area contributed by atoms with Crippen LogP contribution >= 0.6 is 0 Å². The quantitative estimate of drug-likeness (QED) is 0.928. The Bertz CT molecular complexity index is 720. The Balaban J connectivity index is 2.59. The Morgan fingerprint density at radius 3 is 2.24 bits per heavy atom. The van der Waals surface area contributed by atoms with Crippen LogP contribution in [-0.2, 0) is 0 Å². The van der Waals surface area contributed by atoms with Gasteiger partial charge in [0, 0.05) is 12.1 Å². The lowest BCUT2D eigenvalue weighted by Gasteiger charge is -2.11. The van der Waals surface area contributed by atoms with Gasteiger partial charge in [-0.15, -0.1) is 0 Å². The number of nitrogens with one attached hydrogen (secondary N) is 1.